The molecule has 8 heavy (non-hydrogen) atoms. The Bertz CT molecular complexity index is 174. The van der Waals surface area contributed by atoms with Crippen LogP contribution in [0.5, 0.6) is 0 Å². The fraction of sp³-hybridized carbons (Fsp3) is 0.333. The molecule has 5 heteroatoms. The van der Waals surface area contributed by atoms with Crippen LogP contribution in [-0.2, 0) is 9.05 Å². The molecule has 0 heterocycles. The van der Waals surface area contributed by atoms with Crippen molar-refractivity contribution in [3.63, 3.8) is 0 Å². The van der Waals surface area contributed by atoms with Crippen molar-refractivity contribution in [1.29, 1.82) is 0 Å². The lowest BCUT2D eigenvalue weighted by Crippen LogP contribution is -2.23. The Kier molecular flexibility index (Phi) is 2.46. The van der Waals surface area contributed by atoms with Crippen molar-refractivity contribution in [2.75, 3.05) is 0 Å². The van der Waals surface area contributed by atoms with Crippen molar-refractivity contribution < 1.29 is 8.42 Å². The van der Waals surface area contributed by atoms with Gasteiger partial charge in [-0.2, -0.15) is 0 Å². The van der Waals surface area contributed by atoms with E-state index in [2.05, 4.69) is 6.58 Å². The zero-order valence-electron chi connectivity index (χ0n) is 4.04. The second-order valence-electron chi connectivity index (χ2n) is 1.18. The summed E-state index contributed by atoms with van der Waals surface area (Å²) in [7, 11) is 1.14. The third-order valence-electron chi connectivity index (χ3n) is 0.557. The number of rotatable bonds is 2. The molecule has 0 saturated carbocycles. The summed E-state index contributed by atoms with van der Waals surface area (Å²) < 4.78 is 20.3. The Morgan fingerprint density at radius 3 is 2.12 bits per heavy atom. The van der Waals surface area contributed by atoms with Gasteiger partial charge in [0.25, 0.3) is 9.05 Å². The molecule has 2 N–H and O–H groups in total. The Morgan fingerprint density at radius 2 is 2.12 bits per heavy atom. The highest BCUT2D eigenvalue weighted by atomic mass is 35.7. The maximum Gasteiger partial charge on any atom is 0.252 e. The summed E-state index contributed by atoms with van der Waals surface area (Å²) in [5.41, 5.74) is 4.91. The Labute approximate surface area is 52.6 Å². The van der Waals surface area contributed by atoms with Gasteiger partial charge in [-0.25, -0.2) is 8.42 Å². The SMILES string of the molecule is C=CC(N)S(=O)(=O)Cl. The number of hydrogen-bond donors (Lipinski definition) is 1. The first-order valence-electron chi connectivity index (χ1n) is 1.80. The maximum absolute atomic E-state index is 10.1. The van der Waals surface area contributed by atoms with E-state index < -0.39 is 14.4 Å². The molecule has 0 aromatic heterocycles. The van der Waals surface area contributed by atoms with Crippen molar-refractivity contribution in [3.05, 3.63) is 12.7 Å². The van der Waals surface area contributed by atoms with Crippen LogP contribution < -0.4 is 5.73 Å². The lowest BCUT2D eigenvalue weighted by atomic mass is 10.7. The first-order chi connectivity index (χ1) is 3.48. The molecule has 48 valence electrons. The molecule has 0 aliphatic carbocycles. The minimum Gasteiger partial charge on any atom is -0.311 e. The largest absolute Gasteiger partial charge is 0.311 e. The first-order valence-corrected chi connectivity index (χ1v) is 4.17. The Balaban J connectivity index is 4.26. The molecular weight excluding hydrogens is 150 g/mol. The van der Waals surface area contributed by atoms with Crippen LogP contribution in [-0.4, -0.2) is 13.8 Å². The number of halogens is 1. The zero-order chi connectivity index (χ0) is 6.78. The standard InChI is InChI=1S/C3H6ClNO2S/c1-2-3(5)8(4,6)7/h2-3H,1,5H2. The number of nitrogens with two attached hydrogens (primary N) is 1. The van der Waals surface area contributed by atoms with Crippen LogP contribution in [0, 0.1) is 0 Å². The van der Waals surface area contributed by atoms with E-state index in [0.29, 0.717) is 0 Å². The van der Waals surface area contributed by atoms with Gasteiger partial charge in [-0.3, -0.25) is 0 Å². The van der Waals surface area contributed by atoms with Crippen LogP contribution in [0.4, 0.5) is 0 Å². The van der Waals surface area contributed by atoms with Gasteiger partial charge in [-0.1, -0.05) is 6.08 Å². The molecule has 0 aromatic rings. The monoisotopic (exact) mass is 155 g/mol. The highest BCUT2D eigenvalue weighted by Gasteiger charge is 2.12. The highest BCUT2D eigenvalue weighted by molar-refractivity contribution is 8.14. The fourth-order valence-corrected chi connectivity index (χ4v) is 0.563. The molecule has 0 bridgehead atoms. The molecule has 3 nitrogen and oxygen atoms in total. The van der Waals surface area contributed by atoms with Crippen LogP contribution in [0.15, 0.2) is 12.7 Å². The summed E-state index contributed by atoms with van der Waals surface area (Å²) >= 11 is 0. The van der Waals surface area contributed by atoms with E-state index in [1.165, 1.54) is 0 Å². The van der Waals surface area contributed by atoms with Crippen LogP contribution >= 0.6 is 10.7 Å². The number of hydrogen-bond acceptors (Lipinski definition) is 3. The van der Waals surface area contributed by atoms with Gasteiger partial charge < -0.3 is 5.73 Å². The molecule has 0 spiro atoms. The average Bonchev–Trinajstić information content (AvgIpc) is 1.62. The van der Waals surface area contributed by atoms with Gasteiger partial charge in [0.05, 0.1) is 0 Å². The molecule has 0 aromatic carbocycles. The lowest BCUT2D eigenvalue weighted by Gasteiger charge is -1.96. The molecule has 0 saturated heterocycles. The van der Waals surface area contributed by atoms with E-state index in [4.69, 9.17) is 16.4 Å². The second kappa shape index (κ2) is 2.48. The highest BCUT2D eigenvalue weighted by Crippen LogP contribution is 2.00. The van der Waals surface area contributed by atoms with Gasteiger partial charge in [0.1, 0.15) is 5.37 Å². The van der Waals surface area contributed by atoms with Gasteiger partial charge >= 0.3 is 0 Å². The van der Waals surface area contributed by atoms with Crippen LogP contribution in [0.25, 0.3) is 0 Å². The molecule has 1 unspecified atom stereocenters. The van der Waals surface area contributed by atoms with Gasteiger partial charge in [0.2, 0.25) is 0 Å². The summed E-state index contributed by atoms with van der Waals surface area (Å²) in [5, 5.41) is -1.15. The Morgan fingerprint density at radius 1 is 1.75 bits per heavy atom. The second-order valence-corrected chi connectivity index (χ2v) is 3.96. The maximum atomic E-state index is 10.1. The van der Waals surface area contributed by atoms with Gasteiger partial charge in [0.15, 0.2) is 0 Å². The molecule has 0 radical (unpaired) electrons. The van der Waals surface area contributed by atoms with Crippen molar-refractivity contribution >= 4 is 19.7 Å². The minimum atomic E-state index is -3.62. The Hall–Kier alpha value is -0.0600. The van der Waals surface area contributed by atoms with Gasteiger partial charge in [-0.05, 0) is 0 Å². The van der Waals surface area contributed by atoms with Crippen molar-refractivity contribution in [2.45, 2.75) is 5.37 Å². The fourth-order valence-electron chi connectivity index (χ4n) is 0.115. The van der Waals surface area contributed by atoms with Crippen molar-refractivity contribution in [1.82, 2.24) is 0 Å². The third kappa shape index (κ3) is 2.30. The summed E-state index contributed by atoms with van der Waals surface area (Å²) in [5.74, 6) is 0. The normalized spacial score (nSPS) is 15.2. The molecule has 1 atom stereocenters. The van der Waals surface area contributed by atoms with E-state index in [-0.39, 0.29) is 0 Å². The molecule has 0 aliphatic heterocycles. The molecule has 0 amide bonds. The van der Waals surface area contributed by atoms with E-state index in [9.17, 15) is 8.42 Å². The summed E-state index contributed by atoms with van der Waals surface area (Å²) in [6.07, 6.45) is 1.06. The van der Waals surface area contributed by atoms with Crippen LogP contribution in [0.1, 0.15) is 0 Å². The van der Waals surface area contributed by atoms with Gasteiger partial charge in [-0.15, -0.1) is 6.58 Å². The van der Waals surface area contributed by atoms with Crippen LogP contribution in [0.3, 0.4) is 0 Å². The summed E-state index contributed by atoms with van der Waals surface area (Å²) in [6, 6.07) is 0. The van der Waals surface area contributed by atoms with Crippen LogP contribution in [0.2, 0.25) is 0 Å². The minimum absolute atomic E-state index is 1.06. The zero-order valence-corrected chi connectivity index (χ0v) is 5.61. The van der Waals surface area contributed by atoms with Gasteiger partial charge in [0, 0.05) is 10.7 Å². The first kappa shape index (κ1) is 7.94. The van der Waals surface area contributed by atoms with Crippen molar-refractivity contribution in [2.24, 2.45) is 5.73 Å². The quantitative estimate of drug-likeness (QED) is 0.452. The van der Waals surface area contributed by atoms with E-state index in [1.54, 1.807) is 0 Å². The van der Waals surface area contributed by atoms with E-state index >= 15 is 0 Å². The van der Waals surface area contributed by atoms with E-state index in [1.807, 2.05) is 0 Å². The van der Waals surface area contributed by atoms with Crippen molar-refractivity contribution in [3.8, 4) is 0 Å². The summed E-state index contributed by atoms with van der Waals surface area (Å²) in [4.78, 5) is 0. The third-order valence-corrected chi connectivity index (χ3v) is 2.02. The lowest BCUT2D eigenvalue weighted by molar-refractivity contribution is 0.603. The molecule has 0 aliphatic rings. The molecule has 0 fully saturated rings. The summed E-state index contributed by atoms with van der Waals surface area (Å²) in [6.45, 7) is 3.14. The smallest absolute Gasteiger partial charge is 0.252 e. The predicted molar refractivity (Wildman–Crippen MR) is 32.9 cm³/mol. The molecule has 0 rings (SSSR count). The molecular formula is C3H6ClNO2S. The average molecular weight is 156 g/mol. The predicted octanol–water partition coefficient (Wildman–Crippen LogP) is 0.0258. The topological polar surface area (TPSA) is 60.2 Å². The van der Waals surface area contributed by atoms with E-state index in [0.717, 1.165) is 6.08 Å².